The standard InChI is InChI=1S/C13H6F5I/c14-11-3-1-2-10(12(11)15)7-4-8(13(16,17)18)6-9(19)5-7/h1-6H. The molecular weight excluding hydrogens is 378 g/mol. The summed E-state index contributed by atoms with van der Waals surface area (Å²) in [5, 5.41) is 0. The van der Waals surface area contributed by atoms with E-state index >= 15 is 0 Å². The van der Waals surface area contributed by atoms with Gasteiger partial charge < -0.3 is 0 Å². The first kappa shape index (κ1) is 14.2. The summed E-state index contributed by atoms with van der Waals surface area (Å²) in [6.07, 6.45) is -4.53. The maximum absolute atomic E-state index is 13.6. The van der Waals surface area contributed by atoms with E-state index in [4.69, 9.17) is 0 Å². The molecule has 0 bridgehead atoms. The van der Waals surface area contributed by atoms with E-state index < -0.39 is 23.4 Å². The molecule has 0 fully saturated rings. The van der Waals surface area contributed by atoms with Gasteiger partial charge in [0.15, 0.2) is 11.6 Å². The van der Waals surface area contributed by atoms with Gasteiger partial charge >= 0.3 is 6.18 Å². The molecule has 6 heteroatoms. The van der Waals surface area contributed by atoms with Gasteiger partial charge in [0.2, 0.25) is 0 Å². The minimum atomic E-state index is -4.53. The van der Waals surface area contributed by atoms with E-state index in [2.05, 4.69) is 0 Å². The molecule has 0 saturated heterocycles. The monoisotopic (exact) mass is 384 g/mol. The van der Waals surface area contributed by atoms with Crippen LogP contribution in [0.2, 0.25) is 0 Å². The van der Waals surface area contributed by atoms with Crippen molar-refractivity contribution >= 4 is 22.6 Å². The van der Waals surface area contributed by atoms with Crippen LogP contribution in [0.15, 0.2) is 36.4 Å². The molecular formula is C13H6F5I. The SMILES string of the molecule is Fc1cccc(-c2cc(I)cc(C(F)(F)F)c2)c1F. The third-order valence-corrected chi connectivity index (χ3v) is 3.11. The molecule has 100 valence electrons. The first-order valence-corrected chi connectivity index (χ1v) is 6.19. The molecule has 19 heavy (non-hydrogen) atoms. The fourth-order valence-corrected chi connectivity index (χ4v) is 2.31. The number of rotatable bonds is 1. The van der Waals surface area contributed by atoms with Crippen LogP contribution in [0, 0.1) is 15.2 Å². The van der Waals surface area contributed by atoms with Crippen LogP contribution in [-0.4, -0.2) is 0 Å². The summed E-state index contributed by atoms with van der Waals surface area (Å²) >= 11 is 1.70. The lowest BCUT2D eigenvalue weighted by Crippen LogP contribution is -2.05. The Labute approximate surface area is 119 Å². The first-order valence-electron chi connectivity index (χ1n) is 5.11. The fourth-order valence-electron chi connectivity index (χ4n) is 1.64. The summed E-state index contributed by atoms with van der Waals surface area (Å²) < 4.78 is 65.0. The summed E-state index contributed by atoms with van der Waals surface area (Å²) in [6, 6.07) is 6.52. The van der Waals surface area contributed by atoms with Crippen LogP contribution in [0.1, 0.15) is 5.56 Å². The summed E-state index contributed by atoms with van der Waals surface area (Å²) in [5.74, 6) is -2.25. The number of hydrogen-bond acceptors (Lipinski definition) is 0. The predicted octanol–water partition coefficient (Wildman–Crippen LogP) is 5.26. The molecule has 0 atom stereocenters. The molecule has 0 spiro atoms. The molecule has 0 saturated carbocycles. The lowest BCUT2D eigenvalue weighted by Gasteiger charge is -2.11. The quantitative estimate of drug-likeness (QED) is 0.465. The highest BCUT2D eigenvalue weighted by Gasteiger charge is 2.31. The van der Waals surface area contributed by atoms with E-state index in [1.807, 2.05) is 0 Å². The van der Waals surface area contributed by atoms with Gasteiger partial charge in [-0.15, -0.1) is 0 Å². The Kier molecular flexibility index (Phi) is 3.80. The van der Waals surface area contributed by atoms with E-state index in [-0.39, 0.29) is 11.1 Å². The minimum Gasteiger partial charge on any atom is -0.204 e. The predicted molar refractivity (Wildman–Crippen MR) is 69.5 cm³/mol. The molecule has 2 rings (SSSR count). The van der Waals surface area contributed by atoms with Gasteiger partial charge in [-0.2, -0.15) is 13.2 Å². The Bertz CT molecular complexity index is 619. The van der Waals surface area contributed by atoms with Gasteiger partial charge in [-0.05, 0) is 52.4 Å². The van der Waals surface area contributed by atoms with Crippen LogP contribution in [0.5, 0.6) is 0 Å². The number of hydrogen-bond donors (Lipinski definition) is 0. The second kappa shape index (κ2) is 5.07. The van der Waals surface area contributed by atoms with Gasteiger partial charge in [0, 0.05) is 9.13 Å². The largest absolute Gasteiger partial charge is 0.416 e. The zero-order chi connectivity index (χ0) is 14.2. The second-order valence-electron chi connectivity index (χ2n) is 3.83. The van der Waals surface area contributed by atoms with Gasteiger partial charge in [-0.3, -0.25) is 0 Å². The summed E-state index contributed by atoms with van der Waals surface area (Å²) in [5.41, 5.74) is -1.08. The van der Waals surface area contributed by atoms with E-state index in [0.717, 1.165) is 18.2 Å². The molecule has 0 nitrogen and oxygen atoms in total. The fraction of sp³-hybridized carbons (Fsp3) is 0.0769. The van der Waals surface area contributed by atoms with Crippen LogP contribution in [-0.2, 0) is 6.18 Å². The Hall–Kier alpha value is -1.18. The molecule has 0 aromatic heterocycles. The van der Waals surface area contributed by atoms with Crippen molar-refractivity contribution in [3.8, 4) is 11.1 Å². The number of benzene rings is 2. The average molecular weight is 384 g/mol. The number of alkyl halides is 3. The number of halogens is 6. The van der Waals surface area contributed by atoms with Crippen LogP contribution in [0.4, 0.5) is 22.0 Å². The van der Waals surface area contributed by atoms with E-state index in [1.54, 1.807) is 22.6 Å². The van der Waals surface area contributed by atoms with Gasteiger partial charge in [-0.1, -0.05) is 12.1 Å². The molecule has 0 radical (unpaired) electrons. The van der Waals surface area contributed by atoms with Crippen LogP contribution in [0.25, 0.3) is 11.1 Å². The normalized spacial score (nSPS) is 11.7. The maximum atomic E-state index is 13.6. The molecule has 0 N–H and O–H groups in total. The van der Waals surface area contributed by atoms with Crippen molar-refractivity contribution < 1.29 is 22.0 Å². The second-order valence-corrected chi connectivity index (χ2v) is 5.07. The van der Waals surface area contributed by atoms with Crippen molar-refractivity contribution in [3.05, 3.63) is 57.2 Å². The van der Waals surface area contributed by atoms with Crippen molar-refractivity contribution in [1.29, 1.82) is 0 Å². The van der Waals surface area contributed by atoms with Crippen molar-refractivity contribution in [2.45, 2.75) is 6.18 Å². The van der Waals surface area contributed by atoms with Crippen molar-refractivity contribution in [2.24, 2.45) is 0 Å². The zero-order valence-corrected chi connectivity index (χ0v) is 11.4. The molecule has 0 unspecified atom stereocenters. The Morgan fingerprint density at radius 2 is 1.63 bits per heavy atom. The molecule has 2 aromatic rings. The first-order chi connectivity index (χ1) is 8.79. The van der Waals surface area contributed by atoms with Gasteiger partial charge in [0.05, 0.1) is 5.56 Å². The van der Waals surface area contributed by atoms with Gasteiger partial charge in [0.25, 0.3) is 0 Å². The van der Waals surface area contributed by atoms with Crippen molar-refractivity contribution in [2.75, 3.05) is 0 Å². The Morgan fingerprint density at radius 1 is 0.947 bits per heavy atom. The van der Waals surface area contributed by atoms with E-state index in [9.17, 15) is 22.0 Å². The third-order valence-electron chi connectivity index (χ3n) is 2.49. The highest BCUT2D eigenvalue weighted by atomic mass is 127. The average Bonchev–Trinajstić information content (AvgIpc) is 2.31. The summed E-state index contributed by atoms with van der Waals surface area (Å²) in [7, 11) is 0. The smallest absolute Gasteiger partial charge is 0.204 e. The molecule has 0 heterocycles. The van der Waals surface area contributed by atoms with Crippen LogP contribution in [0.3, 0.4) is 0 Å². The molecule has 0 aliphatic carbocycles. The maximum Gasteiger partial charge on any atom is 0.416 e. The Morgan fingerprint density at radius 3 is 2.26 bits per heavy atom. The summed E-state index contributed by atoms with van der Waals surface area (Å²) in [4.78, 5) is 0. The highest BCUT2D eigenvalue weighted by Crippen LogP contribution is 2.34. The van der Waals surface area contributed by atoms with E-state index in [0.29, 0.717) is 3.57 Å². The highest BCUT2D eigenvalue weighted by molar-refractivity contribution is 14.1. The minimum absolute atomic E-state index is 0.00350. The van der Waals surface area contributed by atoms with Crippen LogP contribution < -0.4 is 0 Å². The van der Waals surface area contributed by atoms with Crippen molar-refractivity contribution in [1.82, 2.24) is 0 Å². The Balaban J connectivity index is 2.63. The lowest BCUT2D eigenvalue weighted by molar-refractivity contribution is -0.137. The van der Waals surface area contributed by atoms with E-state index in [1.165, 1.54) is 18.2 Å². The zero-order valence-electron chi connectivity index (χ0n) is 9.23. The van der Waals surface area contributed by atoms with Gasteiger partial charge in [0.1, 0.15) is 0 Å². The van der Waals surface area contributed by atoms with Crippen molar-refractivity contribution in [3.63, 3.8) is 0 Å². The molecule has 0 aliphatic rings. The molecule has 0 aliphatic heterocycles. The molecule has 2 aromatic carbocycles. The molecule has 0 amide bonds. The third kappa shape index (κ3) is 3.05. The van der Waals surface area contributed by atoms with Crippen LogP contribution >= 0.6 is 22.6 Å². The lowest BCUT2D eigenvalue weighted by atomic mass is 10.0. The topological polar surface area (TPSA) is 0 Å². The van der Waals surface area contributed by atoms with Gasteiger partial charge in [-0.25, -0.2) is 8.78 Å². The summed E-state index contributed by atoms with van der Waals surface area (Å²) in [6.45, 7) is 0.